The van der Waals surface area contributed by atoms with Gasteiger partial charge in [0.05, 0.1) is 18.8 Å². The zero-order valence-electron chi connectivity index (χ0n) is 8.72. The normalized spacial score (nSPS) is 14.8. The van der Waals surface area contributed by atoms with E-state index in [2.05, 4.69) is 11.7 Å². The number of hydrogen-bond donors (Lipinski definition) is 0. The Morgan fingerprint density at radius 1 is 1.60 bits per heavy atom. The lowest BCUT2D eigenvalue weighted by Gasteiger charge is -2.27. The van der Waals surface area contributed by atoms with E-state index in [9.17, 15) is 4.79 Å². The van der Waals surface area contributed by atoms with Gasteiger partial charge in [-0.05, 0) is 12.5 Å². The highest BCUT2D eigenvalue weighted by Gasteiger charge is 2.19. The SMILES string of the molecule is C=CCCC(=O)N1CCn2nccc2C1. The van der Waals surface area contributed by atoms with Crippen LogP contribution in [0.3, 0.4) is 0 Å². The first kappa shape index (κ1) is 9.96. The molecule has 15 heavy (non-hydrogen) atoms. The number of rotatable bonds is 3. The van der Waals surface area contributed by atoms with Crippen LogP contribution in [0.5, 0.6) is 0 Å². The van der Waals surface area contributed by atoms with Crippen molar-refractivity contribution in [1.82, 2.24) is 14.7 Å². The number of nitrogens with zero attached hydrogens (tertiary/aromatic N) is 3. The van der Waals surface area contributed by atoms with E-state index in [1.165, 1.54) is 0 Å². The second kappa shape index (κ2) is 4.29. The van der Waals surface area contributed by atoms with Gasteiger partial charge in [-0.2, -0.15) is 5.10 Å². The van der Waals surface area contributed by atoms with Crippen LogP contribution in [-0.4, -0.2) is 27.1 Å². The summed E-state index contributed by atoms with van der Waals surface area (Å²) in [6.07, 6.45) is 4.89. The van der Waals surface area contributed by atoms with Gasteiger partial charge in [-0.3, -0.25) is 9.48 Å². The molecule has 0 fully saturated rings. The summed E-state index contributed by atoms with van der Waals surface area (Å²) in [6, 6.07) is 1.97. The van der Waals surface area contributed by atoms with Crippen LogP contribution in [-0.2, 0) is 17.9 Å². The van der Waals surface area contributed by atoms with Crippen LogP contribution >= 0.6 is 0 Å². The van der Waals surface area contributed by atoms with Crippen LogP contribution in [0, 0.1) is 0 Å². The van der Waals surface area contributed by atoms with E-state index in [-0.39, 0.29) is 5.91 Å². The molecule has 0 saturated heterocycles. The Bertz CT molecular complexity index is 370. The molecular formula is C11H15N3O. The molecule has 0 spiro atoms. The average Bonchev–Trinajstić information content (AvgIpc) is 2.72. The van der Waals surface area contributed by atoms with Gasteiger partial charge in [-0.15, -0.1) is 6.58 Å². The van der Waals surface area contributed by atoms with Crippen molar-refractivity contribution in [3.8, 4) is 0 Å². The van der Waals surface area contributed by atoms with Crippen molar-refractivity contribution in [2.75, 3.05) is 6.54 Å². The molecule has 1 aliphatic rings. The highest BCUT2D eigenvalue weighted by molar-refractivity contribution is 5.76. The highest BCUT2D eigenvalue weighted by Crippen LogP contribution is 2.12. The molecule has 1 aliphatic heterocycles. The molecule has 2 rings (SSSR count). The molecule has 4 heteroatoms. The maximum absolute atomic E-state index is 11.7. The topological polar surface area (TPSA) is 38.1 Å². The van der Waals surface area contributed by atoms with Crippen molar-refractivity contribution in [2.45, 2.75) is 25.9 Å². The predicted octanol–water partition coefficient (Wildman–Crippen LogP) is 1.19. The molecular weight excluding hydrogens is 190 g/mol. The monoisotopic (exact) mass is 205 g/mol. The second-order valence-corrected chi connectivity index (χ2v) is 3.69. The lowest BCUT2D eigenvalue weighted by Crippen LogP contribution is -2.38. The van der Waals surface area contributed by atoms with Gasteiger partial charge >= 0.3 is 0 Å². The smallest absolute Gasteiger partial charge is 0.223 e. The van der Waals surface area contributed by atoms with Gasteiger partial charge in [0.1, 0.15) is 0 Å². The minimum Gasteiger partial charge on any atom is -0.335 e. The van der Waals surface area contributed by atoms with Crippen molar-refractivity contribution in [3.05, 3.63) is 30.6 Å². The van der Waals surface area contributed by atoms with Gasteiger partial charge in [0.2, 0.25) is 5.91 Å². The van der Waals surface area contributed by atoms with Crippen molar-refractivity contribution in [2.24, 2.45) is 0 Å². The van der Waals surface area contributed by atoms with Crippen LogP contribution < -0.4 is 0 Å². The molecule has 0 radical (unpaired) electrons. The zero-order chi connectivity index (χ0) is 10.7. The standard InChI is InChI=1S/C11H15N3O/c1-2-3-4-11(15)13-7-8-14-10(9-13)5-6-12-14/h2,5-6H,1,3-4,7-9H2. The van der Waals surface area contributed by atoms with E-state index in [1.807, 2.05) is 15.6 Å². The molecule has 80 valence electrons. The summed E-state index contributed by atoms with van der Waals surface area (Å²) in [7, 11) is 0. The fourth-order valence-electron chi connectivity index (χ4n) is 1.78. The van der Waals surface area contributed by atoms with Crippen LogP contribution in [0.4, 0.5) is 0 Å². The van der Waals surface area contributed by atoms with Crippen LogP contribution in [0.2, 0.25) is 0 Å². The molecule has 0 unspecified atom stereocenters. The molecule has 4 nitrogen and oxygen atoms in total. The number of aromatic nitrogens is 2. The van der Waals surface area contributed by atoms with Crippen molar-refractivity contribution in [3.63, 3.8) is 0 Å². The lowest BCUT2D eigenvalue weighted by molar-refractivity contribution is -0.132. The first-order chi connectivity index (χ1) is 7.31. The molecule has 1 aromatic rings. The number of carbonyl (C=O) groups excluding carboxylic acids is 1. The first-order valence-corrected chi connectivity index (χ1v) is 5.20. The fourth-order valence-corrected chi connectivity index (χ4v) is 1.78. The van der Waals surface area contributed by atoms with Gasteiger partial charge < -0.3 is 4.90 Å². The predicted molar refractivity (Wildman–Crippen MR) is 57.1 cm³/mol. The molecule has 0 saturated carbocycles. The minimum absolute atomic E-state index is 0.211. The largest absolute Gasteiger partial charge is 0.335 e. The van der Waals surface area contributed by atoms with E-state index >= 15 is 0 Å². The summed E-state index contributed by atoms with van der Waals surface area (Å²) in [6.45, 7) is 5.89. The molecule has 2 heterocycles. The summed E-state index contributed by atoms with van der Waals surface area (Å²) in [4.78, 5) is 13.6. The number of amides is 1. The van der Waals surface area contributed by atoms with E-state index in [4.69, 9.17) is 0 Å². The number of allylic oxidation sites excluding steroid dienone is 1. The maximum atomic E-state index is 11.7. The summed E-state index contributed by atoms with van der Waals surface area (Å²) >= 11 is 0. The van der Waals surface area contributed by atoms with Gasteiger partial charge in [-0.1, -0.05) is 6.08 Å². The number of fused-ring (bicyclic) bond motifs is 1. The fraction of sp³-hybridized carbons (Fsp3) is 0.455. The molecule has 0 atom stereocenters. The minimum atomic E-state index is 0.211. The average molecular weight is 205 g/mol. The third kappa shape index (κ3) is 2.09. The van der Waals surface area contributed by atoms with Crippen molar-refractivity contribution >= 4 is 5.91 Å². The van der Waals surface area contributed by atoms with E-state index in [0.717, 1.165) is 25.2 Å². The van der Waals surface area contributed by atoms with Crippen LogP contribution in [0.15, 0.2) is 24.9 Å². The Morgan fingerprint density at radius 2 is 2.47 bits per heavy atom. The van der Waals surface area contributed by atoms with E-state index in [0.29, 0.717) is 13.0 Å². The molecule has 0 N–H and O–H groups in total. The third-order valence-corrected chi connectivity index (χ3v) is 2.65. The van der Waals surface area contributed by atoms with E-state index < -0.39 is 0 Å². The molecule has 1 aromatic heterocycles. The van der Waals surface area contributed by atoms with Gasteiger partial charge in [0.25, 0.3) is 0 Å². The van der Waals surface area contributed by atoms with Crippen LogP contribution in [0.1, 0.15) is 18.5 Å². The quantitative estimate of drug-likeness (QED) is 0.695. The molecule has 1 amide bonds. The number of carbonyl (C=O) groups is 1. The number of hydrogen-bond acceptors (Lipinski definition) is 2. The summed E-state index contributed by atoms with van der Waals surface area (Å²) in [5.74, 6) is 0.211. The Labute approximate surface area is 89.2 Å². The van der Waals surface area contributed by atoms with Gasteiger partial charge in [0.15, 0.2) is 0 Å². The van der Waals surface area contributed by atoms with Gasteiger partial charge in [-0.25, -0.2) is 0 Å². The van der Waals surface area contributed by atoms with Crippen LogP contribution in [0.25, 0.3) is 0 Å². The van der Waals surface area contributed by atoms with Crippen molar-refractivity contribution < 1.29 is 4.79 Å². The Balaban J connectivity index is 1.97. The van der Waals surface area contributed by atoms with Gasteiger partial charge in [0, 0.05) is 19.2 Å². The Kier molecular flexibility index (Phi) is 2.85. The summed E-state index contributed by atoms with van der Waals surface area (Å²) in [5, 5.41) is 4.18. The highest BCUT2D eigenvalue weighted by atomic mass is 16.2. The second-order valence-electron chi connectivity index (χ2n) is 3.69. The summed E-state index contributed by atoms with van der Waals surface area (Å²) < 4.78 is 1.96. The Hall–Kier alpha value is -1.58. The maximum Gasteiger partial charge on any atom is 0.223 e. The first-order valence-electron chi connectivity index (χ1n) is 5.20. The molecule has 0 bridgehead atoms. The third-order valence-electron chi connectivity index (χ3n) is 2.65. The molecule has 0 aliphatic carbocycles. The Morgan fingerprint density at radius 3 is 3.27 bits per heavy atom. The molecule has 0 aromatic carbocycles. The summed E-state index contributed by atoms with van der Waals surface area (Å²) in [5.41, 5.74) is 1.12. The lowest BCUT2D eigenvalue weighted by atomic mass is 10.2. The zero-order valence-corrected chi connectivity index (χ0v) is 8.72. The van der Waals surface area contributed by atoms with E-state index in [1.54, 1.807) is 12.3 Å². The van der Waals surface area contributed by atoms with Crippen molar-refractivity contribution in [1.29, 1.82) is 0 Å².